The van der Waals surface area contributed by atoms with E-state index in [9.17, 15) is 9.18 Å². The quantitative estimate of drug-likeness (QED) is 0.855. The lowest BCUT2D eigenvalue weighted by atomic mass is 10.2. The lowest BCUT2D eigenvalue weighted by Crippen LogP contribution is -2.40. The lowest BCUT2D eigenvalue weighted by molar-refractivity contribution is 0.166. The van der Waals surface area contributed by atoms with Crippen molar-refractivity contribution >= 4 is 11.7 Å². The van der Waals surface area contributed by atoms with Gasteiger partial charge < -0.3 is 15.3 Å². The summed E-state index contributed by atoms with van der Waals surface area (Å²) < 4.78 is 12.9. The Morgan fingerprint density at radius 3 is 2.89 bits per heavy atom. The second-order valence-corrected chi connectivity index (χ2v) is 3.87. The number of urea groups is 1. The number of hydrogen-bond acceptors (Lipinski definition) is 3. The topological polar surface area (TPSA) is 76.4 Å². The number of anilines is 1. The van der Waals surface area contributed by atoms with Crippen molar-refractivity contribution in [2.45, 2.75) is 13.0 Å². The normalized spacial score (nSPS) is 11.5. The Morgan fingerprint density at radius 1 is 1.67 bits per heavy atom. The van der Waals surface area contributed by atoms with Gasteiger partial charge in [-0.1, -0.05) is 0 Å². The number of nitrogens with zero attached hydrogens (tertiary/aromatic N) is 2. The van der Waals surface area contributed by atoms with E-state index in [1.54, 1.807) is 13.0 Å². The second-order valence-electron chi connectivity index (χ2n) is 3.87. The van der Waals surface area contributed by atoms with Crippen LogP contribution in [0.3, 0.4) is 0 Å². The van der Waals surface area contributed by atoms with E-state index in [-0.39, 0.29) is 23.9 Å². The highest BCUT2D eigenvalue weighted by Crippen LogP contribution is 2.16. The number of benzene rings is 1. The fourth-order valence-corrected chi connectivity index (χ4v) is 1.24. The Balaban J connectivity index is 2.86. The van der Waals surface area contributed by atoms with Gasteiger partial charge in [-0.15, -0.1) is 0 Å². The van der Waals surface area contributed by atoms with E-state index < -0.39 is 11.8 Å². The first-order valence-electron chi connectivity index (χ1n) is 5.34. The van der Waals surface area contributed by atoms with E-state index in [1.807, 2.05) is 0 Å². The molecule has 1 unspecified atom stereocenters. The zero-order valence-electron chi connectivity index (χ0n) is 10.1. The second kappa shape index (κ2) is 5.98. The van der Waals surface area contributed by atoms with Gasteiger partial charge in [0.15, 0.2) is 0 Å². The number of hydrogen-bond donors (Lipinski definition) is 2. The number of rotatable bonds is 3. The molecule has 5 nitrogen and oxygen atoms in total. The molecule has 0 aliphatic rings. The molecule has 2 amide bonds. The Bertz CT molecular complexity index is 485. The van der Waals surface area contributed by atoms with Gasteiger partial charge in [-0.3, -0.25) is 0 Å². The van der Waals surface area contributed by atoms with Crippen molar-refractivity contribution in [2.24, 2.45) is 0 Å². The third-order valence-corrected chi connectivity index (χ3v) is 2.59. The molecule has 6 heteroatoms. The molecule has 0 heterocycles. The summed E-state index contributed by atoms with van der Waals surface area (Å²) in [5.41, 5.74) is 0.286. The highest BCUT2D eigenvalue weighted by molar-refractivity contribution is 5.90. The summed E-state index contributed by atoms with van der Waals surface area (Å²) in [6, 6.07) is 4.51. The van der Waals surface area contributed by atoms with Crippen LogP contribution in [0.1, 0.15) is 12.5 Å². The third kappa shape index (κ3) is 3.18. The van der Waals surface area contributed by atoms with Gasteiger partial charge in [-0.25, -0.2) is 9.18 Å². The van der Waals surface area contributed by atoms with Crippen LogP contribution in [0.2, 0.25) is 0 Å². The van der Waals surface area contributed by atoms with Gasteiger partial charge in [-0.05, 0) is 25.1 Å². The summed E-state index contributed by atoms with van der Waals surface area (Å²) in [5.74, 6) is -0.540. The summed E-state index contributed by atoms with van der Waals surface area (Å²) in [6.07, 6.45) is 0. The largest absolute Gasteiger partial charge is 0.394 e. The van der Waals surface area contributed by atoms with Gasteiger partial charge >= 0.3 is 6.03 Å². The first-order valence-corrected chi connectivity index (χ1v) is 5.34. The van der Waals surface area contributed by atoms with Gasteiger partial charge in [0.05, 0.1) is 23.9 Å². The fraction of sp³-hybridized carbons (Fsp3) is 0.333. The van der Waals surface area contributed by atoms with Crippen LogP contribution in [0.15, 0.2) is 18.2 Å². The SMILES string of the molecule is CC(CO)N(C)C(=O)Nc1ccc(F)cc1C#N. The van der Waals surface area contributed by atoms with Gasteiger partial charge in [0.1, 0.15) is 11.9 Å². The van der Waals surface area contributed by atoms with Crippen LogP contribution in [0.5, 0.6) is 0 Å². The van der Waals surface area contributed by atoms with Gasteiger partial charge in [0, 0.05) is 7.05 Å². The number of carbonyl (C=O) groups excluding carboxylic acids is 1. The monoisotopic (exact) mass is 251 g/mol. The molecule has 0 bridgehead atoms. The summed E-state index contributed by atoms with van der Waals surface area (Å²) in [6.45, 7) is 1.51. The summed E-state index contributed by atoms with van der Waals surface area (Å²) in [4.78, 5) is 13.1. The molecule has 0 aromatic heterocycles. The van der Waals surface area contributed by atoms with Crippen LogP contribution in [0.25, 0.3) is 0 Å². The molecule has 0 saturated heterocycles. The van der Waals surface area contributed by atoms with Crippen molar-refractivity contribution in [3.63, 3.8) is 0 Å². The molecule has 18 heavy (non-hydrogen) atoms. The van der Waals surface area contributed by atoms with Crippen molar-refractivity contribution in [2.75, 3.05) is 19.0 Å². The van der Waals surface area contributed by atoms with Crippen LogP contribution in [-0.4, -0.2) is 35.7 Å². The van der Waals surface area contributed by atoms with Crippen molar-refractivity contribution in [1.82, 2.24) is 4.90 Å². The van der Waals surface area contributed by atoms with E-state index in [2.05, 4.69) is 5.32 Å². The average Bonchev–Trinajstić information content (AvgIpc) is 2.38. The van der Waals surface area contributed by atoms with E-state index in [4.69, 9.17) is 10.4 Å². The standard InChI is InChI=1S/C12H14FN3O2/c1-8(7-17)16(2)12(18)15-11-4-3-10(13)5-9(11)6-14/h3-5,8,17H,7H2,1-2H3,(H,15,18). The van der Waals surface area contributed by atoms with Crippen LogP contribution in [0.4, 0.5) is 14.9 Å². The number of amides is 2. The summed E-state index contributed by atoms with van der Waals surface area (Å²) >= 11 is 0. The van der Waals surface area contributed by atoms with E-state index in [0.717, 1.165) is 12.1 Å². The molecule has 1 aromatic carbocycles. The van der Waals surface area contributed by atoms with Crippen molar-refractivity contribution < 1.29 is 14.3 Å². The molecule has 0 radical (unpaired) electrons. The molecular formula is C12H14FN3O2. The van der Waals surface area contributed by atoms with E-state index in [1.165, 1.54) is 18.0 Å². The summed E-state index contributed by atoms with van der Waals surface area (Å²) in [7, 11) is 1.52. The number of aliphatic hydroxyl groups is 1. The van der Waals surface area contributed by atoms with Gasteiger partial charge in [0.25, 0.3) is 0 Å². The Kier molecular flexibility index (Phi) is 4.63. The molecule has 0 saturated carbocycles. The van der Waals surface area contributed by atoms with Crippen molar-refractivity contribution in [3.8, 4) is 6.07 Å². The zero-order valence-corrected chi connectivity index (χ0v) is 10.1. The molecule has 1 atom stereocenters. The first kappa shape index (κ1) is 13.9. The third-order valence-electron chi connectivity index (χ3n) is 2.59. The highest BCUT2D eigenvalue weighted by atomic mass is 19.1. The van der Waals surface area contributed by atoms with Crippen LogP contribution >= 0.6 is 0 Å². The number of carbonyl (C=O) groups is 1. The molecule has 1 aromatic rings. The minimum absolute atomic E-state index is 0.0494. The van der Waals surface area contributed by atoms with Gasteiger partial charge in [-0.2, -0.15) is 5.26 Å². The molecule has 2 N–H and O–H groups in total. The fourth-order valence-electron chi connectivity index (χ4n) is 1.24. The molecule has 96 valence electrons. The minimum atomic E-state index is -0.540. The Labute approximate surface area is 104 Å². The number of likely N-dealkylation sites (N-methyl/N-ethyl adjacent to an activating group) is 1. The highest BCUT2D eigenvalue weighted by Gasteiger charge is 2.16. The Morgan fingerprint density at radius 2 is 2.33 bits per heavy atom. The zero-order chi connectivity index (χ0) is 13.7. The summed E-state index contributed by atoms with van der Waals surface area (Å²) in [5, 5.41) is 20.3. The maximum Gasteiger partial charge on any atom is 0.321 e. The minimum Gasteiger partial charge on any atom is -0.394 e. The van der Waals surface area contributed by atoms with Crippen molar-refractivity contribution in [1.29, 1.82) is 5.26 Å². The lowest BCUT2D eigenvalue weighted by Gasteiger charge is -2.23. The van der Waals surface area contributed by atoms with Crippen LogP contribution < -0.4 is 5.32 Å². The van der Waals surface area contributed by atoms with Crippen molar-refractivity contribution in [3.05, 3.63) is 29.6 Å². The molecule has 0 fully saturated rings. The molecular weight excluding hydrogens is 237 g/mol. The number of halogens is 1. The van der Waals surface area contributed by atoms with Crippen LogP contribution in [-0.2, 0) is 0 Å². The van der Waals surface area contributed by atoms with E-state index in [0.29, 0.717) is 0 Å². The number of aliphatic hydroxyl groups excluding tert-OH is 1. The molecule has 1 rings (SSSR count). The number of nitrogens with one attached hydrogen (secondary N) is 1. The van der Waals surface area contributed by atoms with E-state index >= 15 is 0 Å². The molecule has 0 aliphatic carbocycles. The average molecular weight is 251 g/mol. The Hall–Kier alpha value is -2.13. The molecule has 0 spiro atoms. The number of nitriles is 1. The predicted molar refractivity (Wildman–Crippen MR) is 64.4 cm³/mol. The smallest absolute Gasteiger partial charge is 0.321 e. The predicted octanol–water partition coefficient (Wildman–Crippen LogP) is 1.54. The van der Waals surface area contributed by atoms with Crippen LogP contribution in [0, 0.1) is 17.1 Å². The molecule has 0 aliphatic heterocycles. The van der Waals surface area contributed by atoms with Gasteiger partial charge in [0.2, 0.25) is 0 Å². The first-order chi connectivity index (χ1) is 8.49. The maximum absolute atomic E-state index is 12.9. The maximum atomic E-state index is 12.9.